The maximum Gasteiger partial charge on any atom is 0.202 e. The molecule has 1 aromatic rings. The summed E-state index contributed by atoms with van der Waals surface area (Å²) in [6, 6.07) is 3.64. The molecule has 13 heavy (non-hydrogen) atoms. The third kappa shape index (κ3) is 3.01. The van der Waals surface area contributed by atoms with E-state index in [1.54, 1.807) is 6.07 Å². The average molecular weight is 503 g/mol. The molecule has 72 valence electrons. The van der Waals surface area contributed by atoms with Gasteiger partial charge in [0.15, 0.2) is 0 Å². The smallest absolute Gasteiger partial charge is 0.202 e. The van der Waals surface area contributed by atoms with Gasteiger partial charge in [-0.15, -0.1) is 0 Å². The number of hydrogen-bond donors (Lipinski definition) is 1. The highest BCUT2D eigenvalue weighted by atomic mass is 79.9. The van der Waals surface area contributed by atoms with Crippen molar-refractivity contribution in [1.82, 2.24) is 0 Å². The number of alkyl halides is 2. The van der Waals surface area contributed by atoms with Gasteiger partial charge < -0.3 is 5.11 Å². The van der Waals surface area contributed by atoms with Gasteiger partial charge in [0.1, 0.15) is 0 Å². The molecule has 0 aliphatic carbocycles. The highest BCUT2D eigenvalue weighted by Gasteiger charge is 2.25. The summed E-state index contributed by atoms with van der Waals surface area (Å²) in [4.78, 5) is 0. The summed E-state index contributed by atoms with van der Waals surface area (Å²) >= 11 is 16.3. The van der Waals surface area contributed by atoms with E-state index in [1.165, 1.54) is 0 Å². The minimum absolute atomic E-state index is 0.697. The predicted octanol–water partition coefficient (Wildman–Crippen LogP) is 4.87. The van der Waals surface area contributed by atoms with Gasteiger partial charge in [-0.2, -0.15) is 0 Å². The summed E-state index contributed by atoms with van der Waals surface area (Å²) < 4.78 is 1.37. The Morgan fingerprint density at radius 1 is 1.00 bits per heavy atom. The maximum absolute atomic E-state index is 9.65. The number of benzene rings is 1. The molecule has 0 spiro atoms. The van der Waals surface area contributed by atoms with Crippen LogP contribution in [0.3, 0.4) is 0 Å². The standard InChI is InChI=1S/C7H3Br5O/c8-4-2-1-3(7(11,12)13)5(9)6(4)10/h1-2,13H. The summed E-state index contributed by atoms with van der Waals surface area (Å²) in [5.41, 5.74) is 0.697. The van der Waals surface area contributed by atoms with Crippen molar-refractivity contribution in [1.29, 1.82) is 0 Å². The Morgan fingerprint density at radius 3 is 2.00 bits per heavy atom. The van der Waals surface area contributed by atoms with E-state index in [0.29, 0.717) is 5.56 Å². The summed E-state index contributed by atoms with van der Waals surface area (Å²) in [5.74, 6) is 0. The van der Waals surface area contributed by atoms with Crippen molar-refractivity contribution in [3.63, 3.8) is 0 Å². The monoisotopic (exact) mass is 498 g/mol. The first-order chi connectivity index (χ1) is 5.84. The summed E-state index contributed by atoms with van der Waals surface area (Å²) in [6.07, 6.45) is 0. The highest BCUT2D eigenvalue weighted by Crippen LogP contribution is 2.43. The Balaban J connectivity index is 3.35. The number of hydrogen-bond acceptors (Lipinski definition) is 1. The number of halogens is 5. The molecule has 0 unspecified atom stereocenters. The first-order valence-corrected chi connectivity index (χ1v) is 7.04. The zero-order valence-corrected chi connectivity index (χ0v) is 13.9. The Hall–Kier alpha value is 1.58. The molecule has 0 radical (unpaired) electrons. The zero-order valence-electron chi connectivity index (χ0n) is 5.99. The molecule has 0 atom stereocenters. The summed E-state index contributed by atoms with van der Waals surface area (Å²) in [7, 11) is 0. The average Bonchev–Trinajstić information content (AvgIpc) is 1.98. The minimum Gasteiger partial charge on any atom is -0.366 e. The normalized spacial score (nSPS) is 11.8. The summed E-state index contributed by atoms with van der Waals surface area (Å²) in [5, 5.41) is 9.65. The molecule has 1 nitrogen and oxygen atoms in total. The molecule has 6 heteroatoms. The third-order valence-corrected chi connectivity index (χ3v) is 5.59. The Bertz CT molecular complexity index is 330. The van der Waals surface area contributed by atoms with Crippen molar-refractivity contribution in [3.05, 3.63) is 31.1 Å². The lowest BCUT2D eigenvalue weighted by molar-refractivity contribution is 0.248. The van der Waals surface area contributed by atoms with Crippen LogP contribution in [-0.4, -0.2) is 5.11 Å². The van der Waals surface area contributed by atoms with Gasteiger partial charge in [-0.25, -0.2) is 0 Å². The van der Waals surface area contributed by atoms with Gasteiger partial charge >= 0.3 is 0 Å². The predicted molar refractivity (Wildman–Crippen MR) is 71.3 cm³/mol. The fourth-order valence-electron chi connectivity index (χ4n) is 0.758. The molecule has 0 aliphatic heterocycles. The molecule has 0 amide bonds. The Kier molecular flexibility index (Phi) is 4.49. The quantitative estimate of drug-likeness (QED) is 0.429. The fraction of sp³-hybridized carbons (Fsp3) is 0.143. The van der Waals surface area contributed by atoms with Gasteiger partial charge in [0, 0.05) is 19.0 Å². The van der Waals surface area contributed by atoms with Gasteiger partial charge in [0.2, 0.25) is 3.42 Å². The van der Waals surface area contributed by atoms with Crippen molar-refractivity contribution in [2.24, 2.45) is 0 Å². The second-order valence-electron chi connectivity index (χ2n) is 2.26. The largest absolute Gasteiger partial charge is 0.366 e. The van der Waals surface area contributed by atoms with E-state index in [0.717, 1.165) is 13.4 Å². The van der Waals surface area contributed by atoms with Crippen LogP contribution in [0.25, 0.3) is 0 Å². The van der Waals surface area contributed by atoms with Crippen molar-refractivity contribution < 1.29 is 5.11 Å². The van der Waals surface area contributed by atoms with Crippen molar-refractivity contribution in [3.8, 4) is 0 Å². The number of aliphatic hydroxyl groups is 1. The van der Waals surface area contributed by atoms with Crippen molar-refractivity contribution in [2.75, 3.05) is 0 Å². The van der Waals surface area contributed by atoms with Crippen LogP contribution in [-0.2, 0) is 3.42 Å². The van der Waals surface area contributed by atoms with E-state index in [2.05, 4.69) is 79.6 Å². The van der Waals surface area contributed by atoms with Gasteiger partial charge in [-0.05, 0) is 85.7 Å². The lowest BCUT2D eigenvalue weighted by atomic mass is 10.2. The van der Waals surface area contributed by atoms with E-state index in [1.807, 2.05) is 6.07 Å². The van der Waals surface area contributed by atoms with Gasteiger partial charge in [-0.1, -0.05) is 6.07 Å². The van der Waals surface area contributed by atoms with Crippen LogP contribution in [0.1, 0.15) is 5.56 Å². The highest BCUT2D eigenvalue weighted by molar-refractivity contribution is 9.24. The molecule has 0 fully saturated rings. The zero-order chi connectivity index (χ0) is 10.2. The molecular formula is C7H3Br5O. The van der Waals surface area contributed by atoms with E-state index >= 15 is 0 Å². The fourth-order valence-corrected chi connectivity index (χ4v) is 3.53. The molecule has 0 saturated heterocycles. The second-order valence-corrected chi connectivity index (χ2v) is 8.06. The molecule has 0 heterocycles. The van der Waals surface area contributed by atoms with Gasteiger partial charge in [0.05, 0.1) is 0 Å². The Labute approximate surface area is 118 Å². The van der Waals surface area contributed by atoms with Crippen LogP contribution in [0.4, 0.5) is 0 Å². The molecule has 0 aliphatic rings. The van der Waals surface area contributed by atoms with Crippen LogP contribution < -0.4 is 0 Å². The van der Waals surface area contributed by atoms with Crippen molar-refractivity contribution in [2.45, 2.75) is 3.42 Å². The van der Waals surface area contributed by atoms with E-state index in [-0.39, 0.29) is 0 Å². The second kappa shape index (κ2) is 4.61. The van der Waals surface area contributed by atoms with Crippen molar-refractivity contribution >= 4 is 79.6 Å². The number of rotatable bonds is 1. The molecule has 0 saturated carbocycles. The molecule has 1 rings (SSSR count). The van der Waals surface area contributed by atoms with Crippen LogP contribution in [0.5, 0.6) is 0 Å². The lowest BCUT2D eigenvalue weighted by Crippen LogP contribution is -2.07. The molecule has 0 bridgehead atoms. The summed E-state index contributed by atoms with van der Waals surface area (Å²) in [6.45, 7) is 0. The first kappa shape index (κ1) is 12.6. The first-order valence-electron chi connectivity index (χ1n) is 3.08. The Morgan fingerprint density at radius 2 is 1.54 bits per heavy atom. The SMILES string of the molecule is OC(Br)(Br)c1ccc(Br)c(Br)c1Br. The van der Waals surface area contributed by atoms with Crippen LogP contribution >= 0.6 is 79.6 Å². The lowest BCUT2D eigenvalue weighted by Gasteiger charge is -2.16. The van der Waals surface area contributed by atoms with Crippen LogP contribution in [0, 0.1) is 0 Å². The minimum atomic E-state index is -1.21. The molecule has 1 N–H and O–H groups in total. The van der Waals surface area contributed by atoms with E-state index in [4.69, 9.17) is 0 Å². The molecule has 0 aromatic heterocycles. The third-order valence-electron chi connectivity index (χ3n) is 1.36. The topological polar surface area (TPSA) is 20.2 Å². The molecule has 1 aromatic carbocycles. The van der Waals surface area contributed by atoms with Crippen LogP contribution in [0.2, 0.25) is 0 Å². The maximum atomic E-state index is 9.65. The van der Waals surface area contributed by atoms with E-state index < -0.39 is 3.42 Å². The van der Waals surface area contributed by atoms with Gasteiger partial charge in [-0.3, -0.25) is 0 Å². The van der Waals surface area contributed by atoms with E-state index in [9.17, 15) is 5.11 Å². The van der Waals surface area contributed by atoms with Gasteiger partial charge in [0.25, 0.3) is 0 Å². The van der Waals surface area contributed by atoms with Crippen LogP contribution in [0.15, 0.2) is 25.6 Å². The molecular weight excluding hydrogens is 500 g/mol.